The van der Waals surface area contributed by atoms with Crippen LogP contribution in [0.5, 0.6) is 28.7 Å². The van der Waals surface area contributed by atoms with Crippen LogP contribution >= 0.6 is 11.6 Å². The number of hydrogen-bond donors (Lipinski definition) is 0. The van der Waals surface area contributed by atoms with Crippen LogP contribution in [-0.4, -0.2) is 20.2 Å². The zero-order chi connectivity index (χ0) is 29.7. The summed E-state index contributed by atoms with van der Waals surface area (Å²) in [4.78, 5) is 13.2. The van der Waals surface area contributed by atoms with E-state index >= 15 is 0 Å². The van der Waals surface area contributed by atoms with Crippen molar-refractivity contribution in [2.45, 2.75) is 47.8 Å². The molecule has 0 saturated heterocycles. The summed E-state index contributed by atoms with van der Waals surface area (Å²) >= 11 is 6.06. The van der Waals surface area contributed by atoms with Gasteiger partial charge >= 0.3 is 5.97 Å². The Morgan fingerprint density at radius 2 is 1.29 bits per heavy atom. The van der Waals surface area contributed by atoms with E-state index in [2.05, 4.69) is 0 Å². The maximum absolute atomic E-state index is 13.2. The number of carbonyl (C=O) groups excluding carboxylic acids is 1. The smallest absolute Gasteiger partial charge is 0.342 e. The molecule has 0 aliphatic heterocycles. The molecule has 0 saturated carbocycles. The summed E-state index contributed by atoms with van der Waals surface area (Å²) in [5.41, 5.74) is 6.12. The van der Waals surface area contributed by atoms with Gasteiger partial charge in [0.25, 0.3) is 0 Å². The number of hydrogen-bond acceptors (Lipinski definition) is 6. The fourth-order valence-electron chi connectivity index (χ4n) is 4.66. The molecule has 0 heterocycles. The van der Waals surface area contributed by atoms with Gasteiger partial charge in [0, 0.05) is 21.7 Å². The summed E-state index contributed by atoms with van der Waals surface area (Å²) < 4.78 is 30.2. The molecule has 4 rings (SSSR count). The molecule has 7 heteroatoms. The fraction of sp³-hybridized carbons (Fsp3) is 0.265. The molecule has 0 unspecified atom stereocenters. The van der Waals surface area contributed by atoms with E-state index in [1.165, 1.54) is 7.11 Å². The monoisotopic (exact) mass is 574 g/mol. The molecule has 0 fully saturated rings. The fourth-order valence-corrected chi connectivity index (χ4v) is 4.78. The highest BCUT2D eigenvalue weighted by atomic mass is 35.5. The standard InChI is InChI=1S/C34H35ClO6/c1-20-17-28(37-6)22(3)30(21(20)2)41-33-23(4)29(34(36)38-7)31(39-19-26-13-15-27(35)16-14-26)24(5)32(33)40-18-25-11-9-8-10-12-25/h8-17H,18-19H2,1-7H3. The van der Waals surface area contributed by atoms with Crippen molar-refractivity contribution in [1.82, 2.24) is 0 Å². The van der Waals surface area contributed by atoms with E-state index in [1.54, 1.807) is 19.2 Å². The molecule has 6 nitrogen and oxygen atoms in total. The molecular weight excluding hydrogens is 540 g/mol. The summed E-state index contributed by atoms with van der Waals surface area (Å²) in [5.74, 6) is 2.07. The first-order valence-corrected chi connectivity index (χ1v) is 13.7. The molecule has 0 bridgehead atoms. The Morgan fingerprint density at radius 1 is 0.683 bits per heavy atom. The van der Waals surface area contributed by atoms with Gasteiger partial charge in [-0.05, 0) is 75.1 Å². The van der Waals surface area contributed by atoms with Crippen molar-refractivity contribution < 1.29 is 28.5 Å². The molecule has 0 atom stereocenters. The topological polar surface area (TPSA) is 63.2 Å². The van der Waals surface area contributed by atoms with E-state index in [9.17, 15) is 4.79 Å². The average Bonchev–Trinajstić information content (AvgIpc) is 2.98. The van der Waals surface area contributed by atoms with Gasteiger partial charge in [-0.15, -0.1) is 0 Å². The first-order chi connectivity index (χ1) is 19.7. The highest BCUT2D eigenvalue weighted by Gasteiger charge is 2.29. The zero-order valence-corrected chi connectivity index (χ0v) is 25.3. The van der Waals surface area contributed by atoms with E-state index in [4.69, 9.17) is 35.3 Å². The number of aryl methyl sites for hydroxylation is 1. The SMILES string of the molecule is COC(=O)c1c(C)c(Oc2c(C)c(C)cc(OC)c2C)c(OCc2ccccc2)c(C)c1OCc1ccc(Cl)cc1. The molecule has 0 amide bonds. The first kappa shape index (κ1) is 29.8. The molecule has 0 aliphatic rings. The Labute approximate surface area is 246 Å². The molecule has 0 N–H and O–H groups in total. The minimum Gasteiger partial charge on any atom is -0.496 e. The van der Waals surface area contributed by atoms with Crippen molar-refractivity contribution in [2.24, 2.45) is 0 Å². The molecule has 4 aromatic carbocycles. The number of rotatable bonds is 10. The Balaban J connectivity index is 1.89. The molecule has 0 aliphatic carbocycles. The predicted molar refractivity (Wildman–Crippen MR) is 161 cm³/mol. The van der Waals surface area contributed by atoms with Crippen LogP contribution in [0.2, 0.25) is 5.02 Å². The van der Waals surface area contributed by atoms with Crippen LogP contribution in [0, 0.1) is 34.6 Å². The normalized spacial score (nSPS) is 10.7. The number of methoxy groups -OCH3 is 2. The van der Waals surface area contributed by atoms with Crippen LogP contribution in [0.25, 0.3) is 0 Å². The Kier molecular flexibility index (Phi) is 9.46. The Bertz CT molecular complexity index is 1540. The summed E-state index contributed by atoms with van der Waals surface area (Å²) in [6.07, 6.45) is 0. The predicted octanol–water partition coefficient (Wildman–Crippen LogP) is 8.63. The maximum Gasteiger partial charge on any atom is 0.342 e. The molecule has 0 spiro atoms. The lowest BCUT2D eigenvalue weighted by Crippen LogP contribution is -2.13. The Hall–Kier alpha value is -4.16. The summed E-state index contributed by atoms with van der Waals surface area (Å²) in [6.45, 7) is 10.1. The van der Waals surface area contributed by atoms with Crippen LogP contribution < -0.4 is 18.9 Å². The van der Waals surface area contributed by atoms with Crippen molar-refractivity contribution in [3.63, 3.8) is 0 Å². The third kappa shape index (κ3) is 6.44. The van der Waals surface area contributed by atoms with Crippen molar-refractivity contribution >= 4 is 17.6 Å². The second-order valence-electron chi connectivity index (χ2n) is 9.87. The van der Waals surface area contributed by atoms with Crippen molar-refractivity contribution in [1.29, 1.82) is 0 Å². The third-order valence-corrected chi connectivity index (χ3v) is 7.41. The van der Waals surface area contributed by atoms with Crippen molar-refractivity contribution in [3.05, 3.63) is 110 Å². The highest BCUT2D eigenvalue weighted by molar-refractivity contribution is 6.30. The van der Waals surface area contributed by atoms with Crippen LogP contribution in [0.4, 0.5) is 0 Å². The van der Waals surface area contributed by atoms with Gasteiger partial charge < -0.3 is 23.7 Å². The van der Waals surface area contributed by atoms with Gasteiger partial charge in [0.1, 0.15) is 36.0 Å². The van der Waals surface area contributed by atoms with Crippen molar-refractivity contribution in [3.8, 4) is 28.7 Å². The number of benzene rings is 4. The quantitative estimate of drug-likeness (QED) is 0.177. The van der Waals surface area contributed by atoms with Crippen LogP contribution in [-0.2, 0) is 18.0 Å². The molecule has 0 aromatic heterocycles. The van der Waals surface area contributed by atoms with Crippen molar-refractivity contribution in [2.75, 3.05) is 14.2 Å². The van der Waals surface area contributed by atoms with Gasteiger partial charge in [-0.2, -0.15) is 0 Å². The van der Waals surface area contributed by atoms with E-state index in [0.717, 1.165) is 27.8 Å². The largest absolute Gasteiger partial charge is 0.496 e. The molecular formula is C34H35ClO6. The van der Waals surface area contributed by atoms with Gasteiger partial charge in [0.05, 0.1) is 14.2 Å². The summed E-state index contributed by atoms with van der Waals surface area (Å²) in [5, 5.41) is 0.632. The van der Waals surface area contributed by atoms with Gasteiger partial charge in [-0.25, -0.2) is 4.79 Å². The van der Waals surface area contributed by atoms with Crippen LogP contribution in [0.3, 0.4) is 0 Å². The van der Waals surface area contributed by atoms with E-state index < -0.39 is 5.97 Å². The minimum absolute atomic E-state index is 0.215. The molecule has 0 radical (unpaired) electrons. The van der Waals surface area contributed by atoms with E-state index in [-0.39, 0.29) is 12.2 Å². The average molecular weight is 575 g/mol. The maximum atomic E-state index is 13.2. The van der Waals surface area contributed by atoms with E-state index in [0.29, 0.717) is 51.5 Å². The van der Waals surface area contributed by atoms with E-state index in [1.807, 2.05) is 83.1 Å². The second-order valence-corrected chi connectivity index (χ2v) is 10.3. The molecule has 4 aromatic rings. The third-order valence-electron chi connectivity index (χ3n) is 7.16. The zero-order valence-electron chi connectivity index (χ0n) is 24.5. The minimum atomic E-state index is -0.536. The molecule has 41 heavy (non-hydrogen) atoms. The lowest BCUT2D eigenvalue weighted by Gasteiger charge is -2.24. The first-order valence-electron chi connectivity index (χ1n) is 13.3. The molecule has 214 valence electrons. The highest BCUT2D eigenvalue weighted by Crippen LogP contribution is 2.48. The summed E-state index contributed by atoms with van der Waals surface area (Å²) in [7, 11) is 2.98. The van der Waals surface area contributed by atoms with Gasteiger partial charge in [-0.3, -0.25) is 0 Å². The number of carbonyl (C=O) groups is 1. The van der Waals surface area contributed by atoms with Gasteiger partial charge in [0.2, 0.25) is 0 Å². The van der Waals surface area contributed by atoms with Gasteiger partial charge in [0.15, 0.2) is 11.5 Å². The number of halogens is 1. The lowest BCUT2D eigenvalue weighted by molar-refractivity contribution is 0.0593. The summed E-state index contributed by atoms with van der Waals surface area (Å²) in [6, 6.07) is 19.2. The second kappa shape index (κ2) is 13.0. The van der Waals surface area contributed by atoms with Crippen LogP contribution in [0.1, 0.15) is 49.3 Å². The Morgan fingerprint density at radius 3 is 1.90 bits per heavy atom. The van der Waals surface area contributed by atoms with Crippen LogP contribution in [0.15, 0.2) is 60.7 Å². The number of esters is 1. The number of ether oxygens (including phenoxy) is 5. The van der Waals surface area contributed by atoms with Gasteiger partial charge in [-0.1, -0.05) is 54.1 Å². The lowest BCUT2D eigenvalue weighted by atomic mass is 10.00.